The number of hydrogen-bond acceptors (Lipinski definition) is 3. The van der Waals surface area contributed by atoms with Crippen LogP contribution >= 0.6 is 11.8 Å². The molecule has 2 nitrogen and oxygen atoms in total. The summed E-state index contributed by atoms with van der Waals surface area (Å²) in [4.78, 5) is 0. The Morgan fingerprint density at radius 3 is 3.12 bits per heavy atom. The molecule has 2 heterocycles. The van der Waals surface area contributed by atoms with Gasteiger partial charge < -0.3 is 10.1 Å². The van der Waals surface area contributed by atoms with Gasteiger partial charge in [0.25, 0.3) is 0 Å². The van der Waals surface area contributed by atoms with E-state index in [0.717, 1.165) is 24.8 Å². The van der Waals surface area contributed by atoms with Crippen LogP contribution in [0.3, 0.4) is 0 Å². The zero-order chi connectivity index (χ0) is 11.5. The van der Waals surface area contributed by atoms with Crippen molar-refractivity contribution in [3.05, 3.63) is 29.8 Å². The van der Waals surface area contributed by atoms with Crippen LogP contribution in [0.4, 0.5) is 0 Å². The Labute approximate surface area is 107 Å². The summed E-state index contributed by atoms with van der Waals surface area (Å²) in [6.45, 7) is 3.07. The largest absolute Gasteiger partial charge is 0.493 e. The van der Waals surface area contributed by atoms with Crippen molar-refractivity contribution < 1.29 is 4.74 Å². The smallest absolute Gasteiger partial charge is 0.122 e. The standard InChI is InChI=1S/C14H19NOS/c1-2-4-14-13(3-1)12(9-16-14)8-15-7-11-5-6-17-10-11/h1-4,11-12,15H,5-10H2. The third-order valence-corrected chi connectivity index (χ3v) is 4.88. The molecule has 0 aliphatic carbocycles. The van der Waals surface area contributed by atoms with Crippen LogP contribution in [0.5, 0.6) is 5.75 Å². The molecule has 1 saturated heterocycles. The Bertz CT molecular complexity index is 376. The fourth-order valence-electron chi connectivity index (χ4n) is 2.60. The quantitative estimate of drug-likeness (QED) is 0.886. The second kappa shape index (κ2) is 5.32. The molecule has 2 unspecified atom stereocenters. The van der Waals surface area contributed by atoms with Gasteiger partial charge in [-0.05, 0) is 36.5 Å². The number of thioether (sulfide) groups is 1. The Hall–Kier alpha value is -0.670. The lowest BCUT2D eigenvalue weighted by molar-refractivity contribution is 0.324. The summed E-state index contributed by atoms with van der Waals surface area (Å²) in [7, 11) is 0. The molecule has 0 amide bonds. The average Bonchev–Trinajstić information content (AvgIpc) is 2.99. The number of rotatable bonds is 4. The summed E-state index contributed by atoms with van der Waals surface area (Å²) in [5.74, 6) is 5.19. The number of fused-ring (bicyclic) bond motifs is 1. The molecule has 0 radical (unpaired) electrons. The van der Waals surface area contributed by atoms with E-state index in [1.165, 1.54) is 30.0 Å². The Balaban J connectivity index is 1.50. The van der Waals surface area contributed by atoms with Gasteiger partial charge in [-0.2, -0.15) is 11.8 Å². The normalized spacial score (nSPS) is 26.8. The Morgan fingerprint density at radius 2 is 2.24 bits per heavy atom. The van der Waals surface area contributed by atoms with Gasteiger partial charge in [-0.15, -0.1) is 0 Å². The van der Waals surface area contributed by atoms with E-state index >= 15 is 0 Å². The van der Waals surface area contributed by atoms with Gasteiger partial charge in [0.2, 0.25) is 0 Å². The highest BCUT2D eigenvalue weighted by molar-refractivity contribution is 7.99. The molecule has 2 aliphatic heterocycles. The van der Waals surface area contributed by atoms with E-state index in [2.05, 4.69) is 35.3 Å². The molecule has 1 aromatic rings. The summed E-state index contributed by atoms with van der Waals surface area (Å²) in [5, 5.41) is 3.62. The SMILES string of the molecule is c1ccc2c(c1)OCC2CNCC1CCSC1. The van der Waals surface area contributed by atoms with Gasteiger partial charge in [0, 0.05) is 18.0 Å². The molecule has 0 bridgehead atoms. The number of ether oxygens (including phenoxy) is 1. The zero-order valence-electron chi connectivity index (χ0n) is 10.0. The topological polar surface area (TPSA) is 21.3 Å². The highest BCUT2D eigenvalue weighted by Crippen LogP contribution is 2.33. The molecule has 2 aliphatic rings. The summed E-state index contributed by atoms with van der Waals surface area (Å²) in [6.07, 6.45) is 1.38. The van der Waals surface area contributed by atoms with Crippen LogP contribution in [0.15, 0.2) is 24.3 Å². The zero-order valence-corrected chi connectivity index (χ0v) is 10.8. The molecule has 3 rings (SSSR count). The monoisotopic (exact) mass is 249 g/mol. The van der Waals surface area contributed by atoms with E-state index in [-0.39, 0.29) is 0 Å². The molecule has 92 valence electrons. The van der Waals surface area contributed by atoms with Crippen LogP contribution in [0.2, 0.25) is 0 Å². The molecule has 0 aromatic heterocycles. The molecule has 0 saturated carbocycles. The maximum atomic E-state index is 5.69. The van der Waals surface area contributed by atoms with Crippen LogP contribution in [0, 0.1) is 5.92 Å². The van der Waals surface area contributed by atoms with Crippen molar-refractivity contribution in [2.24, 2.45) is 5.92 Å². The molecule has 1 aromatic carbocycles. The number of nitrogens with one attached hydrogen (secondary N) is 1. The first-order chi connectivity index (χ1) is 8.43. The molecule has 17 heavy (non-hydrogen) atoms. The number of benzene rings is 1. The van der Waals surface area contributed by atoms with Crippen LogP contribution < -0.4 is 10.1 Å². The number of para-hydroxylation sites is 1. The molecule has 0 spiro atoms. The summed E-state index contributed by atoms with van der Waals surface area (Å²) >= 11 is 2.09. The van der Waals surface area contributed by atoms with E-state index in [4.69, 9.17) is 4.74 Å². The fraction of sp³-hybridized carbons (Fsp3) is 0.571. The van der Waals surface area contributed by atoms with Crippen molar-refractivity contribution in [3.8, 4) is 5.75 Å². The Morgan fingerprint density at radius 1 is 1.29 bits per heavy atom. The maximum Gasteiger partial charge on any atom is 0.122 e. The lowest BCUT2D eigenvalue weighted by atomic mass is 10.0. The highest BCUT2D eigenvalue weighted by Gasteiger charge is 2.23. The van der Waals surface area contributed by atoms with E-state index in [1.54, 1.807) is 0 Å². The average molecular weight is 249 g/mol. The van der Waals surface area contributed by atoms with Crippen LogP contribution in [-0.2, 0) is 0 Å². The van der Waals surface area contributed by atoms with Crippen molar-refractivity contribution >= 4 is 11.8 Å². The van der Waals surface area contributed by atoms with Crippen LogP contribution in [0.25, 0.3) is 0 Å². The van der Waals surface area contributed by atoms with Gasteiger partial charge in [-0.1, -0.05) is 18.2 Å². The second-order valence-electron chi connectivity index (χ2n) is 4.93. The fourth-order valence-corrected chi connectivity index (χ4v) is 3.89. The third kappa shape index (κ3) is 2.61. The first kappa shape index (κ1) is 11.4. The van der Waals surface area contributed by atoms with E-state index < -0.39 is 0 Å². The molecule has 1 fully saturated rings. The Kier molecular flexibility index (Phi) is 3.57. The summed E-state index contributed by atoms with van der Waals surface area (Å²) in [6, 6.07) is 8.42. The van der Waals surface area contributed by atoms with Gasteiger partial charge in [0.15, 0.2) is 0 Å². The predicted molar refractivity (Wildman–Crippen MR) is 73.0 cm³/mol. The van der Waals surface area contributed by atoms with Gasteiger partial charge in [0.1, 0.15) is 5.75 Å². The maximum absolute atomic E-state index is 5.69. The second-order valence-corrected chi connectivity index (χ2v) is 6.08. The molecule has 3 heteroatoms. The highest BCUT2D eigenvalue weighted by atomic mass is 32.2. The van der Waals surface area contributed by atoms with Crippen molar-refractivity contribution in [2.45, 2.75) is 12.3 Å². The van der Waals surface area contributed by atoms with Crippen molar-refractivity contribution in [1.29, 1.82) is 0 Å². The number of hydrogen-bond donors (Lipinski definition) is 1. The lowest BCUT2D eigenvalue weighted by Crippen LogP contribution is -2.28. The van der Waals surface area contributed by atoms with Crippen molar-refractivity contribution in [3.63, 3.8) is 0 Å². The lowest BCUT2D eigenvalue weighted by Gasteiger charge is -2.13. The minimum atomic E-state index is 0.542. The third-order valence-electron chi connectivity index (χ3n) is 3.65. The van der Waals surface area contributed by atoms with Crippen molar-refractivity contribution in [2.75, 3.05) is 31.2 Å². The molecular formula is C14H19NOS. The van der Waals surface area contributed by atoms with Crippen LogP contribution in [-0.4, -0.2) is 31.2 Å². The summed E-state index contributed by atoms with van der Waals surface area (Å²) < 4.78 is 5.69. The predicted octanol–water partition coefficient (Wildman–Crippen LogP) is 2.51. The first-order valence-electron chi connectivity index (χ1n) is 6.43. The minimum absolute atomic E-state index is 0.542. The summed E-state index contributed by atoms with van der Waals surface area (Å²) in [5.41, 5.74) is 1.38. The van der Waals surface area contributed by atoms with E-state index in [9.17, 15) is 0 Å². The molecular weight excluding hydrogens is 230 g/mol. The van der Waals surface area contributed by atoms with E-state index in [1.807, 2.05) is 6.07 Å². The molecule has 1 N–H and O–H groups in total. The molecule has 2 atom stereocenters. The van der Waals surface area contributed by atoms with E-state index in [0.29, 0.717) is 5.92 Å². The van der Waals surface area contributed by atoms with Crippen LogP contribution in [0.1, 0.15) is 17.9 Å². The first-order valence-corrected chi connectivity index (χ1v) is 7.59. The van der Waals surface area contributed by atoms with Gasteiger partial charge in [0.05, 0.1) is 6.61 Å². The van der Waals surface area contributed by atoms with Gasteiger partial charge in [-0.25, -0.2) is 0 Å². The van der Waals surface area contributed by atoms with Crippen molar-refractivity contribution in [1.82, 2.24) is 5.32 Å². The minimum Gasteiger partial charge on any atom is -0.493 e. The van der Waals surface area contributed by atoms with Gasteiger partial charge in [-0.3, -0.25) is 0 Å². The van der Waals surface area contributed by atoms with Gasteiger partial charge >= 0.3 is 0 Å².